The van der Waals surface area contributed by atoms with Crippen LogP contribution in [0.4, 0.5) is 0 Å². The van der Waals surface area contributed by atoms with Gasteiger partial charge < -0.3 is 10.4 Å². The molecule has 0 atom stereocenters. The molecular weight excluding hydrogens is 254 g/mol. The van der Waals surface area contributed by atoms with Crippen LogP contribution in [0.25, 0.3) is 6.08 Å². The smallest absolute Gasteiger partial charge is 0.216 e. The maximum absolute atomic E-state index is 10.7. The molecule has 4 nitrogen and oxygen atoms in total. The molecular formula is C13H14ClNO3. The molecule has 0 radical (unpaired) electrons. The number of hydrogen-bond donors (Lipinski definition) is 2. The van der Waals surface area contributed by atoms with Crippen LogP contribution >= 0.6 is 11.6 Å². The zero-order valence-corrected chi connectivity index (χ0v) is 10.7. The Balaban J connectivity index is 2.72. The number of amides is 1. The van der Waals surface area contributed by atoms with Gasteiger partial charge in [-0.1, -0.05) is 23.8 Å². The van der Waals surface area contributed by atoms with Crippen LogP contribution in [0.1, 0.15) is 29.3 Å². The predicted molar refractivity (Wildman–Crippen MR) is 70.8 cm³/mol. The molecule has 0 heterocycles. The number of phenolic OH excluding ortho intramolecular Hbond substituents is 1. The van der Waals surface area contributed by atoms with E-state index in [2.05, 4.69) is 5.32 Å². The molecule has 0 spiro atoms. The van der Waals surface area contributed by atoms with E-state index in [-0.39, 0.29) is 17.2 Å². The average Bonchev–Trinajstić information content (AvgIpc) is 2.32. The number of rotatable bonds is 5. The van der Waals surface area contributed by atoms with Crippen molar-refractivity contribution in [2.45, 2.75) is 13.3 Å². The maximum atomic E-state index is 10.7. The van der Waals surface area contributed by atoms with Crippen LogP contribution in [0.5, 0.6) is 5.75 Å². The lowest BCUT2D eigenvalue weighted by molar-refractivity contribution is -0.118. The minimum Gasteiger partial charge on any atom is -0.507 e. The summed E-state index contributed by atoms with van der Waals surface area (Å²) in [6.07, 6.45) is 4.63. The average molecular weight is 268 g/mol. The number of halogens is 1. The molecule has 5 heteroatoms. The van der Waals surface area contributed by atoms with Crippen molar-refractivity contribution in [1.29, 1.82) is 0 Å². The lowest BCUT2D eigenvalue weighted by atomic mass is 10.1. The SMILES string of the molecule is CC(=O)NCCC=Cc1cc(Cl)cc(C=O)c1O. The van der Waals surface area contributed by atoms with Crippen molar-refractivity contribution in [3.05, 3.63) is 34.4 Å². The summed E-state index contributed by atoms with van der Waals surface area (Å²) in [4.78, 5) is 21.3. The van der Waals surface area contributed by atoms with Crippen molar-refractivity contribution in [2.24, 2.45) is 0 Å². The summed E-state index contributed by atoms with van der Waals surface area (Å²) in [6.45, 7) is 1.97. The Morgan fingerprint density at radius 1 is 1.44 bits per heavy atom. The number of carbonyl (C=O) groups is 2. The Morgan fingerprint density at radius 2 is 2.11 bits per heavy atom. The van der Waals surface area contributed by atoms with E-state index in [1.54, 1.807) is 18.2 Å². The molecule has 0 aromatic heterocycles. The summed E-state index contributed by atoms with van der Waals surface area (Å²) in [5.74, 6) is -0.178. The fourth-order valence-corrected chi connectivity index (χ4v) is 1.64. The van der Waals surface area contributed by atoms with E-state index in [1.165, 1.54) is 13.0 Å². The normalized spacial score (nSPS) is 10.6. The number of aldehydes is 1. The number of aromatic hydroxyl groups is 1. The molecule has 0 aliphatic heterocycles. The summed E-state index contributed by atoms with van der Waals surface area (Å²) in [5.41, 5.74) is 0.636. The Kier molecular flexibility index (Phi) is 5.39. The van der Waals surface area contributed by atoms with Gasteiger partial charge in [0.05, 0.1) is 5.56 Å². The highest BCUT2D eigenvalue weighted by molar-refractivity contribution is 6.31. The monoisotopic (exact) mass is 267 g/mol. The molecule has 0 bridgehead atoms. The second kappa shape index (κ2) is 6.81. The van der Waals surface area contributed by atoms with Gasteiger partial charge in [-0.05, 0) is 18.6 Å². The van der Waals surface area contributed by atoms with Crippen LogP contribution in [0.3, 0.4) is 0 Å². The third kappa shape index (κ3) is 4.22. The lowest BCUT2D eigenvalue weighted by Crippen LogP contribution is -2.20. The van der Waals surface area contributed by atoms with Gasteiger partial charge in [-0.2, -0.15) is 0 Å². The van der Waals surface area contributed by atoms with E-state index in [0.29, 0.717) is 29.8 Å². The number of nitrogens with one attached hydrogen (secondary N) is 1. The largest absolute Gasteiger partial charge is 0.507 e. The van der Waals surface area contributed by atoms with E-state index < -0.39 is 0 Å². The lowest BCUT2D eigenvalue weighted by Gasteiger charge is -2.03. The van der Waals surface area contributed by atoms with Gasteiger partial charge in [0.2, 0.25) is 5.91 Å². The van der Waals surface area contributed by atoms with E-state index >= 15 is 0 Å². The van der Waals surface area contributed by atoms with Crippen molar-refractivity contribution >= 4 is 29.9 Å². The maximum Gasteiger partial charge on any atom is 0.216 e. The van der Waals surface area contributed by atoms with Gasteiger partial charge in [0.15, 0.2) is 6.29 Å². The van der Waals surface area contributed by atoms with Gasteiger partial charge in [0.1, 0.15) is 5.75 Å². The van der Waals surface area contributed by atoms with Crippen LogP contribution in [0, 0.1) is 0 Å². The highest BCUT2D eigenvalue weighted by Crippen LogP contribution is 2.27. The fourth-order valence-electron chi connectivity index (χ4n) is 1.40. The molecule has 1 aromatic rings. The number of benzene rings is 1. The molecule has 0 unspecified atom stereocenters. The highest BCUT2D eigenvalue weighted by Gasteiger charge is 2.06. The van der Waals surface area contributed by atoms with Gasteiger partial charge in [-0.3, -0.25) is 9.59 Å². The Hall–Kier alpha value is -1.81. The van der Waals surface area contributed by atoms with E-state index in [4.69, 9.17) is 11.6 Å². The molecule has 1 amide bonds. The molecule has 0 fully saturated rings. The minimum absolute atomic E-state index is 0.0859. The standard InChI is InChI=1S/C13H14ClNO3/c1-9(17)15-5-3-2-4-10-6-12(14)7-11(8-16)13(10)18/h2,4,6-8,18H,3,5H2,1H3,(H,15,17). The first-order valence-corrected chi connectivity index (χ1v) is 5.81. The van der Waals surface area contributed by atoms with E-state index in [0.717, 1.165) is 0 Å². The summed E-state index contributed by atoms with van der Waals surface area (Å²) < 4.78 is 0. The third-order valence-electron chi connectivity index (χ3n) is 2.24. The van der Waals surface area contributed by atoms with Crippen molar-refractivity contribution in [3.63, 3.8) is 0 Å². The Morgan fingerprint density at radius 3 is 2.72 bits per heavy atom. The fraction of sp³-hybridized carbons (Fsp3) is 0.231. The summed E-state index contributed by atoms with van der Waals surface area (Å²) in [7, 11) is 0. The second-order valence-corrected chi connectivity index (χ2v) is 4.16. The molecule has 2 N–H and O–H groups in total. The zero-order chi connectivity index (χ0) is 13.5. The Bertz CT molecular complexity index is 483. The topological polar surface area (TPSA) is 66.4 Å². The van der Waals surface area contributed by atoms with Crippen molar-refractivity contribution in [1.82, 2.24) is 5.32 Å². The van der Waals surface area contributed by atoms with Gasteiger partial charge in [0.25, 0.3) is 0 Å². The van der Waals surface area contributed by atoms with Crippen molar-refractivity contribution in [2.75, 3.05) is 6.54 Å². The van der Waals surface area contributed by atoms with Crippen LogP contribution < -0.4 is 5.32 Å². The van der Waals surface area contributed by atoms with Gasteiger partial charge in [-0.25, -0.2) is 0 Å². The van der Waals surface area contributed by atoms with Crippen LogP contribution in [0.15, 0.2) is 18.2 Å². The first kappa shape index (κ1) is 14.3. The Labute approximate surface area is 110 Å². The zero-order valence-electron chi connectivity index (χ0n) is 9.94. The van der Waals surface area contributed by atoms with Crippen LogP contribution in [-0.4, -0.2) is 23.8 Å². The number of hydrogen-bond acceptors (Lipinski definition) is 3. The molecule has 1 aromatic carbocycles. The molecule has 1 rings (SSSR count). The molecule has 0 saturated carbocycles. The summed E-state index contributed by atoms with van der Waals surface area (Å²) in [6, 6.07) is 2.97. The minimum atomic E-state index is -0.0924. The number of carbonyl (C=O) groups excluding carboxylic acids is 2. The summed E-state index contributed by atoms with van der Waals surface area (Å²) >= 11 is 5.82. The second-order valence-electron chi connectivity index (χ2n) is 3.72. The number of phenols is 1. The summed E-state index contributed by atoms with van der Waals surface area (Å²) in [5, 5.41) is 12.8. The first-order valence-electron chi connectivity index (χ1n) is 5.43. The molecule has 18 heavy (non-hydrogen) atoms. The molecule has 96 valence electrons. The first-order chi connectivity index (χ1) is 8.54. The van der Waals surface area contributed by atoms with E-state index in [9.17, 15) is 14.7 Å². The van der Waals surface area contributed by atoms with Crippen molar-refractivity contribution in [3.8, 4) is 5.75 Å². The third-order valence-corrected chi connectivity index (χ3v) is 2.46. The van der Waals surface area contributed by atoms with Crippen molar-refractivity contribution < 1.29 is 14.7 Å². The quantitative estimate of drug-likeness (QED) is 0.636. The van der Waals surface area contributed by atoms with Gasteiger partial charge in [-0.15, -0.1) is 0 Å². The van der Waals surface area contributed by atoms with Gasteiger partial charge >= 0.3 is 0 Å². The highest BCUT2D eigenvalue weighted by atomic mass is 35.5. The predicted octanol–water partition coefficient (Wildman–Crippen LogP) is 2.40. The van der Waals surface area contributed by atoms with E-state index in [1.807, 2.05) is 0 Å². The van der Waals surface area contributed by atoms with Crippen LogP contribution in [0.2, 0.25) is 5.02 Å². The van der Waals surface area contributed by atoms with Crippen LogP contribution in [-0.2, 0) is 4.79 Å². The van der Waals surface area contributed by atoms with Gasteiger partial charge in [0, 0.05) is 24.1 Å². The molecule has 0 aliphatic carbocycles. The molecule has 0 aliphatic rings. The molecule has 0 saturated heterocycles.